The van der Waals surface area contributed by atoms with Crippen molar-refractivity contribution in [1.29, 1.82) is 0 Å². The molecule has 0 amide bonds. The smallest absolute Gasteiger partial charge is 0.240 e. The molecule has 1 aromatic carbocycles. The maximum Gasteiger partial charge on any atom is 0.240 e. The van der Waals surface area contributed by atoms with E-state index in [1.165, 1.54) is 18.2 Å². The Morgan fingerprint density at radius 1 is 1.40 bits per heavy atom. The van der Waals surface area contributed by atoms with Gasteiger partial charge in [0.25, 0.3) is 0 Å². The topological polar surface area (TPSA) is 66.4 Å². The van der Waals surface area contributed by atoms with Crippen molar-refractivity contribution in [3.05, 3.63) is 27.7 Å². The number of rotatable bonds is 5. The SMILES string of the molecule is CC(C)(C)CC(O)CNS(=O)(=O)c1ccc(Cl)c(Br)c1. The van der Waals surface area contributed by atoms with Crippen molar-refractivity contribution in [2.24, 2.45) is 5.41 Å². The molecule has 0 aliphatic carbocycles. The number of hydrogen-bond donors (Lipinski definition) is 2. The van der Waals surface area contributed by atoms with Crippen LogP contribution in [0.25, 0.3) is 0 Å². The molecule has 0 saturated heterocycles. The zero-order valence-corrected chi connectivity index (χ0v) is 14.8. The van der Waals surface area contributed by atoms with Crippen molar-refractivity contribution >= 4 is 37.6 Å². The van der Waals surface area contributed by atoms with Gasteiger partial charge in [0.2, 0.25) is 10.0 Å². The fourth-order valence-corrected chi connectivity index (χ4v) is 3.46. The number of halogens is 2. The van der Waals surface area contributed by atoms with Crippen molar-refractivity contribution < 1.29 is 13.5 Å². The largest absolute Gasteiger partial charge is 0.392 e. The van der Waals surface area contributed by atoms with Gasteiger partial charge in [0.15, 0.2) is 0 Å². The second kappa shape index (κ2) is 6.75. The molecule has 0 spiro atoms. The lowest BCUT2D eigenvalue weighted by Crippen LogP contribution is -2.34. The highest BCUT2D eigenvalue weighted by molar-refractivity contribution is 9.10. The monoisotopic (exact) mass is 383 g/mol. The number of sulfonamides is 1. The fraction of sp³-hybridized carbons (Fsp3) is 0.538. The number of aliphatic hydroxyl groups is 1. The summed E-state index contributed by atoms with van der Waals surface area (Å²) in [5.41, 5.74) is -0.0614. The van der Waals surface area contributed by atoms with Crippen LogP contribution in [0.5, 0.6) is 0 Å². The molecule has 0 aliphatic heterocycles. The highest BCUT2D eigenvalue weighted by Crippen LogP contribution is 2.25. The summed E-state index contributed by atoms with van der Waals surface area (Å²) in [5, 5.41) is 10.3. The molecular weight excluding hydrogens is 366 g/mol. The highest BCUT2D eigenvalue weighted by Gasteiger charge is 2.20. The van der Waals surface area contributed by atoms with Gasteiger partial charge in [-0.3, -0.25) is 0 Å². The van der Waals surface area contributed by atoms with Crippen molar-refractivity contribution in [1.82, 2.24) is 4.72 Å². The Kier molecular flexibility index (Phi) is 6.04. The Morgan fingerprint density at radius 2 is 2.00 bits per heavy atom. The van der Waals surface area contributed by atoms with Gasteiger partial charge in [0.1, 0.15) is 0 Å². The lowest BCUT2D eigenvalue weighted by molar-refractivity contribution is 0.125. The molecule has 0 heterocycles. The minimum absolute atomic E-state index is 0.0140. The van der Waals surface area contributed by atoms with E-state index in [1.54, 1.807) is 0 Å². The highest BCUT2D eigenvalue weighted by atomic mass is 79.9. The molecule has 2 N–H and O–H groups in total. The normalized spacial score (nSPS) is 14.3. The van der Waals surface area contributed by atoms with Crippen LogP contribution in [-0.2, 0) is 10.0 Å². The van der Waals surface area contributed by atoms with E-state index in [9.17, 15) is 13.5 Å². The van der Waals surface area contributed by atoms with E-state index in [4.69, 9.17) is 11.6 Å². The molecule has 1 atom stereocenters. The Hall–Kier alpha value is -0.140. The molecule has 114 valence electrons. The summed E-state index contributed by atoms with van der Waals surface area (Å²) in [4.78, 5) is 0.108. The third-order valence-electron chi connectivity index (χ3n) is 2.56. The minimum atomic E-state index is -3.65. The summed E-state index contributed by atoms with van der Waals surface area (Å²) in [6.07, 6.45) is -0.208. The van der Waals surface area contributed by atoms with Crippen molar-refractivity contribution in [3.63, 3.8) is 0 Å². The molecule has 0 bridgehead atoms. The van der Waals surface area contributed by atoms with Gasteiger partial charge in [-0.25, -0.2) is 13.1 Å². The quantitative estimate of drug-likeness (QED) is 0.819. The lowest BCUT2D eigenvalue weighted by atomic mass is 9.89. The molecule has 7 heteroatoms. The molecule has 0 saturated carbocycles. The van der Waals surface area contributed by atoms with Crippen LogP contribution in [0.1, 0.15) is 27.2 Å². The number of nitrogens with one attached hydrogen (secondary N) is 1. The van der Waals surface area contributed by atoms with Crippen LogP contribution in [0.2, 0.25) is 5.02 Å². The van der Waals surface area contributed by atoms with Crippen LogP contribution < -0.4 is 4.72 Å². The van der Waals surface area contributed by atoms with E-state index in [0.29, 0.717) is 15.9 Å². The van der Waals surface area contributed by atoms with E-state index in [2.05, 4.69) is 20.7 Å². The molecule has 20 heavy (non-hydrogen) atoms. The summed E-state index contributed by atoms with van der Waals surface area (Å²) in [6.45, 7) is 5.95. The van der Waals surface area contributed by atoms with Gasteiger partial charge in [-0.2, -0.15) is 0 Å². The van der Waals surface area contributed by atoms with Crippen molar-refractivity contribution in [3.8, 4) is 0 Å². The van der Waals surface area contributed by atoms with E-state index in [0.717, 1.165) is 0 Å². The van der Waals surface area contributed by atoms with Gasteiger partial charge < -0.3 is 5.11 Å². The van der Waals surface area contributed by atoms with E-state index in [1.807, 2.05) is 20.8 Å². The standard InChI is InChI=1S/C13H19BrClNO3S/c1-13(2,3)7-9(17)8-16-20(18,19)10-4-5-12(15)11(14)6-10/h4-6,9,16-17H,7-8H2,1-3H3. The Bertz CT molecular complexity index is 569. The summed E-state index contributed by atoms with van der Waals surface area (Å²) < 4.78 is 27.1. The van der Waals surface area contributed by atoms with Crippen LogP contribution >= 0.6 is 27.5 Å². The maximum atomic E-state index is 12.1. The van der Waals surface area contributed by atoms with E-state index in [-0.39, 0.29) is 16.9 Å². The van der Waals surface area contributed by atoms with Crippen LogP contribution in [0.3, 0.4) is 0 Å². The molecule has 0 fully saturated rings. The zero-order valence-electron chi connectivity index (χ0n) is 11.7. The molecule has 4 nitrogen and oxygen atoms in total. The molecular formula is C13H19BrClNO3S. The van der Waals surface area contributed by atoms with Gasteiger partial charge in [0, 0.05) is 11.0 Å². The molecule has 0 radical (unpaired) electrons. The Balaban J connectivity index is 2.73. The predicted molar refractivity (Wildman–Crippen MR) is 84.4 cm³/mol. The van der Waals surface area contributed by atoms with Crippen molar-refractivity contribution in [2.45, 2.75) is 38.2 Å². The first-order valence-electron chi connectivity index (χ1n) is 6.14. The maximum absolute atomic E-state index is 12.1. The molecule has 1 aromatic rings. The molecule has 1 rings (SSSR count). The average Bonchev–Trinajstić information content (AvgIpc) is 2.28. The van der Waals surface area contributed by atoms with Crippen LogP contribution in [0.15, 0.2) is 27.6 Å². The minimum Gasteiger partial charge on any atom is -0.392 e. The van der Waals surface area contributed by atoms with Crippen LogP contribution in [0, 0.1) is 5.41 Å². The van der Waals surface area contributed by atoms with Crippen LogP contribution in [-0.4, -0.2) is 26.2 Å². The average molecular weight is 385 g/mol. The van der Waals surface area contributed by atoms with Gasteiger partial charge in [-0.15, -0.1) is 0 Å². The number of hydrogen-bond acceptors (Lipinski definition) is 3. The van der Waals surface area contributed by atoms with Gasteiger partial charge in [-0.05, 0) is 46.0 Å². The van der Waals surface area contributed by atoms with Gasteiger partial charge in [-0.1, -0.05) is 32.4 Å². The fourth-order valence-electron chi connectivity index (χ4n) is 1.71. The molecule has 0 aliphatic rings. The molecule has 1 unspecified atom stereocenters. The first kappa shape index (κ1) is 17.9. The summed E-state index contributed by atoms with van der Waals surface area (Å²) in [7, 11) is -3.65. The predicted octanol–water partition coefficient (Wildman–Crippen LogP) is 3.18. The third-order valence-corrected chi connectivity index (χ3v) is 5.19. The van der Waals surface area contributed by atoms with Crippen LogP contribution in [0.4, 0.5) is 0 Å². The van der Waals surface area contributed by atoms with Gasteiger partial charge >= 0.3 is 0 Å². The lowest BCUT2D eigenvalue weighted by Gasteiger charge is -2.22. The van der Waals surface area contributed by atoms with Crippen molar-refractivity contribution in [2.75, 3.05) is 6.54 Å². The molecule has 0 aromatic heterocycles. The zero-order chi connectivity index (χ0) is 15.6. The Morgan fingerprint density at radius 3 is 2.50 bits per heavy atom. The van der Waals surface area contributed by atoms with E-state index >= 15 is 0 Å². The summed E-state index contributed by atoms with van der Waals surface area (Å²) in [6, 6.07) is 4.36. The summed E-state index contributed by atoms with van der Waals surface area (Å²) >= 11 is 9.01. The summed E-state index contributed by atoms with van der Waals surface area (Å²) in [5.74, 6) is 0. The number of benzene rings is 1. The third kappa shape index (κ3) is 5.69. The Labute approximate surface area is 133 Å². The van der Waals surface area contributed by atoms with Gasteiger partial charge in [0.05, 0.1) is 16.0 Å². The van der Waals surface area contributed by atoms with E-state index < -0.39 is 16.1 Å². The number of aliphatic hydroxyl groups excluding tert-OH is 1. The second-order valence-corrected chi connectivity index (χ2v) is 8.87. The first-order chi connectivity index (χ1) is 9.01. The first-order valence-corrected chi connectivity index (χ1v) is 8.79. The second-order valence-electron chi connectivity index (χ2n) is 5.85.